The molecule has 1 aromatic carbocycles. The van der Waals surface area contributed by atoms with Crippen molar-refractivity contribution in [1.82, 2.24) is 5.32 Å². The van der Waals surface area contributed by atoms with E-state index in [9.17, 15) is 0 Å². The van der Waals surface area contributed by atoms with Crippen LogP contribution in [0.1, 0.15) is 26.3 Å². The number of nitrogens with one attached hydrogen (secondary N) is 1. The van der Waals surface area contributed by atoms with Gasteiger partial charge in [0.25, 0.3) is 0 Å². The molecule has 1 aromatic rings. The molecule has 0 aliphatic rings. The van der Waals surface area contributed by atoms with Crippen molar-refractivity contribution in [3.63, 3.8) is 0 Å². The molecule has 3 heteroatoms. The highest BCUT2D eigenvalue weighted by atomic mass is 16.5. The Morgan fingerprint density at radius 1 is 1.24 bits per heavy atom. The second-order valence-corrected chi connectivity index (χ2v) is 4.84. The van der Waals surface area contributed by atoms with Crippen molar-refractivity contribution in [2.45, 2.75) is 32.7 Å². The largest absolute Gasteiger partial charge is 0.494 e. The van der Waals surface area contributed by atoms with Crippen LogP contribution in [0.2, 0.25) is 0 Å². The number of nitrogens with two attached hydrogens (primary N) is 1. The van der Waals surface area contributed by atoms with Crippen molar-refractivity contribution in [3.05, 3.63) is 29.8 Å². The molecule has 0 unspecified atom stereocenters. The molecule has 0 bridgehead atoms. The first-order chi connectivity index (χ1) is 8.07. The molecule has 3 N–H and O–H groups in total. The van der Waals surface area contributed by atoms with E-state index in [4.69, 9.17) is 10.5 Å². The number of hydrogen-bond acceptors (Lipinski definition) is 3. The van der Waals surface area contributed by atoms with E-state index in [1.165, 1.54) is 5.56 Å². The summed E-state index contributed by atoms with van der Waals surface area (Å²) >= 11 is 0. The summed E-state index contributed by atoms with van der Waals surface area (Å²) < 4.78 is 5.40. The zero-order chi connectivity index (χ0) is 12.7. The molecule has 0 atom stereocenters. The second-order valence-electron chi connectivity index (χ2n) is 4.84. The zero-order valence-electron chi connectivity index (χ0n) is 11.1. The van der Waals surface area contributed by atoms with Crippen molar-refractivity contribution in [2.24, 2.45) is 5.73 Å². The average molecular weight is 236 g/mol. The fourth-order valence-corrected chi connectivity index (χ4v) is 1.54. The summed E-state index contributed by atoms with van der Waals surface area (Å²) in [6, 6.07) is 8.27. The van der Waals surface area contributed by atoms with Gasteiger partial charge in [0.2, 0.25) is 0 Å². The van der Waals surface area contributed by atoms with Gasteiger partial charge in [-0.05, 0) is 51.4 Å². The average Bonchev–Trinajstić information content (AvgIpc) is 2.32. The van der Waals surface area contributed by atoms with Crippen molar-refractivity contribution in [1.29, 1.82) is 0 Å². The predicted molar refractivity (Wildman–Crippen MR) is 72.5 cm³/mol. The first-order valence-corrected chi connectivity index (χ1v) is 6.24. The molecule has 0 saturated heterocycles. The van der Waals surface area contributed by atoms with Crippen molar-refractivity contribution >= 4 is 0 Å². The molecule has 17 heavy (non-hydrogen) atoms. The lowest BCUT2D eigenvalue weighted by atomic mass is 10.1. The van der Waals surface area contributed by atoms with E-state index in [0.29, 0.717) is 13.2 Å². The van der Waals surface area contributed by atoms with Gasteiger partial charge in [-0.15, -0.1) is 0 Å². The monoisotopic (exact) mass is 236 g/mol. The fraction of sp³-hybridized carbons (Fsp3) is 0.571. The molecule has 1 rings (SSSR count). The van der Waals surface area contributed by atoms with Crippen LogP contribution in [0.5, 0.6) is 5.75 Å². The molecule has 0 saturated carbocycles. The van der Waals surface area contributed by atoms with E-state index in [0.717, 1.165) is 18.7 Å². The second kappa shape index (κ2) is 6.62. The molecule has 0 aliphatic carbocycles. The van der Waals surface area contributed by atoms with Gasteiger partial charge in [-0.2, -0.15) is 0 Å². The van der Waals surface area contributed by atoms with Crippen LogP contribution in [-0.2, 0) is 6.42 Å². The third-order valence-corrected chi connectivity index (χ3v) is 2.76. The van der Waals surface area contributed by atoms with Crippen LogP contribution >= 0.6 is 0 Å². The minimum Gasteiger partial charge on any atom is -0.494 e. The van der Waals surface area contributed by atoms with Crippen LogP contribution in [0.3, 0.4) is 0 Å². The predicted octanol–water partition coefficient (Wildman–Crippen LogP) is 1.95. The molecule has 0 radical (unpaired) electrons. The maximum absolute atomic E-state index is 5.66. The zero-order valence-corrected chi connectivity index (χ0v) is 11.1. The van der Waals surface area contributed by atoms with Crippen LogP contribution < -0.4 is 15.8 Å². The van der Waals surface area contributed by atoms with Crippen LogP contribution in [0, 0.1) is 0 Å². The molecule has 0 aromatic heterocycles. The Morgan fingerprint density at radius 3 is 2.41 bits per heavy atom. The minimum atomic E-state index is 0.0191. The number of benzene rings is 1. The fourth-order valence-electron chi connectivity index (χ4n) is 1.54. The lowest BCUT2D eigenvalue weighted by molar-refractivity contribution is 0.340. The maximum Gasteiger partial charge on any atom is 0.119 e. The molecule has 0 heterocycles. The summed E-state index contributed by atoms with van der Waals surface area (Å²) in [6.45, 7) is 8.53. The van der Waals surface area contributed by atoms with Crippen molar-refractivity contribution < 1.29 is 4.74 Å². The molecular weight excluding hydrogens is 212 g/mol. The van der Waals surface area contributed by atoms with E-state index in [-0.39, 0.29) is 5.54 Å². The summed E-state index contributed by atoms with van der Waals surface area (Å²) in [6.07, 6.45) is 1.01. The Bertz CT molecular complexity index is 319. The number of ether oxygens (including phenoxy) is 1. The molecule has 96 valence electrons. The third-order valence-electron chi connectivity index (χ3n) is 2.76. The van der Waals surface area contributed by atoms with E-state index in [1.54, 1.807) is 0 Å². The van der Waals surface area contributed by atoms with Gasteiger partial charge in [0.05, 0.1) is 6.61 Å². The lowest BCUT2D eigenvalue weighted by Crippen LogP contribution is -2.46. The van der Waals surface area contributed by atoms with Gasteiger partial charge in [0.15, 0.2) is 0 Å². The molecular formula is C14H24N2O. The third kappa shape index (κ3) is 5.20. The summed E-state index contributed by atoms with van der Waals surface area (Å²) in [5.74, 6) is 0.937. The Kier molecular flexibility index (Phi) is 5.45. The van der Waals surface area contributed by atoms with Crippen LogP contribution in [0.4, 0.5) is 0 Å². The highest BCUT2D eigenvalue weighted by Gasteiger charge is 2.13. The van der Waals surface area contributed by atoms with Gasteiger partial charge in [-0.25, -0.2) is 0 Å². The maximum atomic E-state index is 5.66. The SMILES string of the molecule is CCOc1ccc(CCNC(C)(C)CN)cc1. The standard InChI is InChI=1S/C14H24N2O/c1-4-17-13-7-5-12(6-8-13)9-10-16-14(2,3)11-15/h5-8,16H,4,9-11,15H2,1-3H3. The van der Waals surface area contributed by atoms with Gasteiger partial charge in [-0.1, -0.05) is 12.1 Å². The van der Waals surface area contributed by atoms with E-state index < -0.39 is 0 Å². The van der Waals surface area contributed by atoms with E-state index in [1.807, 2.05) is 19.1 Å². The first kappa shape index (κ1) is 14.0. The number of rotatable bonds is 7. The summed E-state index contributed by atoms with van der Waals surface area (Å²) in [4.78, 5) is 0. The summed E-state index contributed by atoms with van der Waals surface area (Å²) in [7, 11) is 0. The van der Waals surface area contributed by atoms with Gasteiger partial charge in [0, 0.05) is 12.1 Å². The van der Waals surface area contributed by atoms with Crippen LogP contribution in [0.25, 0.3) is 0 Å². The normalized spacial score (nSPS) is 11.5. The molecule has 3 nitrogen and oxygen atoms in total. The Hall–Kier alpha value is -1.06. The molecule has 0 amide bonds. The van der Waals surface area contributed by atoms with Gasteiger partial charge in [0.1, 0.15) is 5.75 Å². The first-order valence-electron chi connectivity index (χ1n) is 6.24. The van der Waals surface area contributed by atoms with Crippen molar-refractivity contribution in [3.8, 4) is 5.75 Å². The Balaban J connectivity index is 2.37. The Labute approximate surface area is 104 Å². The van der Waals surface area contributed by atoms with Gasteiger partial charge in [-0.3, -0.25) is 0 Å². The minimum absolute atomic E-state index is 0.0191. The number of hydrogen-bond donors (Lipinski definition) is 2. The van der Waals surface area contributed by atoms with Crippen LogP contribution in [-0.4, -0.2) is 25.2 Å². The summed E-state index contributed by atoms with van der Waals surface area (Å²) in [5, 5.41) is 3.44. The highest BCUT2D eigenvalue weighted by molar-refractivity contribution is 5.27. The van der Waals surface area contributed by atoms with E-state index in [2.05, 4.69) is 31.3 Å². The topological polar surface area (TPSA) is 47.3 Å². The molecule has 0 spiro atoms. The quantitative estimate of drug-likeness (QED) is 0.760. The summed E-state index contributed by atoms with van der Waals surface area (Å²) in [5.41, 5.74) is 6.99. The molecule has 0 aliphatic heterocycles. The lowest BCUT2D eigenvalue weighted by Gasteiger charge is -2.24. The Morgan fingerprint density at radius 2 is 1.88 bits per heavy atom. The van der Waals surface area contributed by atoms with Gasteiger partial charge >= 0.3 is 0 Å². The van der Waals surface area contributed by atoms with Crippen LogP contribution in [0.15, 0.2) is 24.3 Å². The van der Waals surface area contributed by atoms with Crippen molar-refractivity contribution in [2.75, 3.05) is 19.7 Å². The van der Waals surface area contributed by atoms with E-state index >= 15 is 0 Å². The smallest absolute Gasteiger partial charge is 0.119 e. The molecule has 0 fully saturated rings. The van der Waals surface area contributed by atoms with Gasteiger partial charge < -0.3 is 15.8 Å². The highest BCUT2D eigenvalue weighted by Crippen LogP contribution is 2.12.